The van der Waals surface area contributed by atoms with E-state index < -0.39 is 0 Å². The van der Waals surface area contributed by atoms with Gasteiger partial charge in [-0.15, -0.1) is 11.3 Å². The van der Waals surface area contributed by atoms with Gasteiger partial charge in [-0.2, -0.15) is 0 Å². The van der Waals surface area contributed by atoms with E-state index in [0.29, 0.717) is 6.54 Å². The summed E-state index contributed by atoms with van der Waals surface area (Å²) in [5.74, 6) is 0.105. The van der Waals surface area contributed by atoms with Crippen molar-refractivity contribution in [3.8, 4) is 0 Å². The molecule has 98 valence electrons. The Kier molecular flexibility index (Phi) is 4.49. The second-order valence-corrected chi connectivity index (χ2v) is 5.88. The molecule has 18 heavy (non-hydrogen) atoms. The number of thiazole rings is 1. The van der Waals surface area contributed by atoms with Gasteiger partial charge in [0.15, 0.2) is 0 Å². The normalized spacial score (nSPS) is 23.7. The number of aryl methyl sites for hydroxylation is 1. The number of amides is 1. The van der Waals surface area contributed by atoms with Crippen molar-refractivity contribution in [2.75, 3.05) is 6.54 Å². The first-order valence-corrected chi connectivity index (χ1v) is 7.03. The molecule has 1 saturated carbocycles. The first-order chi connectivity index (χ1) is 8.65. The Morgan fingerprint density at radius 2 is 2.50 bits per heavy atom. The fourth-order valence-electron chi connectivity index (χ4n) is 2.16. The summed E-state index contributed by atoms with van der Waals surface area (Å²) in [6.45, 7) is 2.50. The standard InChI is InChI=1S/C13H18N2O2S/c1-9-14-8-11(18-9)5-6-13(17)15-7-10-3-2-4-12(10)16/h5-6,8,10,12,16H,2-4,7H2,1H3,(H,15,17). The first kappa shape index (κ1) is 13.2. The van der Waals surface area contributed by atoms with E-state index in [1.807, 2.05) is 6.92 Å². The number of hydrogen-bond acceptors (Lipinski definition) is 4. The highest BCUT2D eigenvalue weighted by Gasteiger charge is 2.24. The van der Waals surface area contributed by atoms with Gasteiger partial charge in [0.05, 0.1) is 11.1 Å². The zero-order chi connectivity index (χ0) is 13.0. The van der Waals surface area contributed by atoms with Crippen LogP contribution in [0.2, 0.25) is 0 Å². The van der Waals surface area contributed by atoms with Gasteiger partial charge >= 0.3 is 0 Å². The van der Waals surface area contributed by atoms with Crippen LogP contribution < -0.4 is 5.32 Å². The number of aliphatic hydroxyl groups excluding tert-OH is 1. The molecule has 1 aliphatic carbocycles. The maximum absolute atomic E-state index is 11.6. The Hall–Kier alpha value is -1.20. The van der Waals surface area contributed by atoms with Crippen LogP contribution in [0.4, 0.5) is 0 Å². The lowest BCUT2D eigenvalue weighted by atomic mass is 10.1. The minimum atomic E-state index is -0.251. The number of carbonyl (C=O) groups is 1. The topological polar surface area (TPSA) is 62.2 Å². The van der Waals surface area contributed by atoms with Crippen LogP contribution in [0.15, 0.2) is 12.3 Å². The molecule has 1 heterocycles. The van der Waals surface area contributed by atoms with E-state index in [1.165, 1.54) is 6.08 Å². The van der Waals surface area contributed by atoms with Gasteiger partial charge in [-0.1, -0.05) is 6.42 Å². The molecule has 1 amide bonds. The lowest BCUT2D eigenvalue weighted by Crippen LogP contribution is -2.31. The Morgan fingerprint density at radius 1 is 1.67 bits per heavy atom. The molecule has 2 rings (SSSR count). The largest absolute Gasteiger partial charge is 0.393 e. The average molecular weight is 266 g/mol. The van der Waals surface area contributed by atoms with E-state index in [4.69, 9.17) is 0 Å². The molecule has 1 aromatic rings. The van der Waals surface area contributed by atoms with E-state index in [-0.39, 0.29) is 17.9 Å². The second kappa shape index (κ2) is 6.11. The molecule has 1 fully saturated rings. The van der Waals surface area contributed by atoms with Crippen molar-refractivity contribution in [1.82, 2.24) is 10.3 Å². The summed E-state index contributed by atoms with van der Waals surface area (Å²) in [4.78, 5) is 16.7. The van der Waals surface area contributed by atoms with E-state index in [1.54, 1.807) is 23.6 Å². The third kappa shape index (κ3) is 3.65. The molecule has 0 aromatic carbocycles. The van der Waals surface area contributed by atoms with Gasteiger partial charge < -0.3 is 10.4 Å². The van der Waals surface area contributed by atoms with Crippen molar-refractivity contribution in [3.63, 3.8) is 0 Å². The van der Waals surface area contributed by atoms with Gasteiger partial charge in [-0.25, -0.2) is 4.98 Å². The number of aromatic nitrogens is 1. The highest BCUT2D eigenvalue weighted by Crippen LogP contribution is 2.24. The van der Waals surface area contributed by atoms with E-state index in [0.717, 1.165) is 29.1 Å². The van der Waals surface area contributed by atoms with Crippen molar-refractivity contribution in [3.05, 3.63) is 22.2 Å². The van der Waals surface area contributed by atoms with Gasteiger partial charge in [0.2, 0.25) is 5.91 Å². The summed E-state index contributed by atoms with van der Waals surface area (Å²) >= 11 is 1.56. The minimum absolute atomic E-state index is 0.111. The van der Waals surface area contributed by atoms with Crippen LogP contribution in [-0.2, 0) is 4.79 Å². The minimum Gasteiger partial charge on any atom is -0.393 e. The Bertz CT molecular complexity index is 442. The van der Waals surface area contributed by atoms with Gasteiger partial charge in [0, 0.05) is 29.6 Å². The summed E-state index contributed by atoms with van der Waals surface area (Å²) in [6.07, 6.45) is 7.70. The average Bonchev–Trinajstić information content (AvgIpc) is 2.93. The van der Waals surface area contributed by atoms with Crippen molar-refractivity contribution in [1.29, 1.82) is 0 Å². The smallest absolute Gasteiger partial charge is 0.244 e. The molecule has 0 bridgehead atoms. The van der Waals surface area contributed by atoms with Crippen molar-refractivity contribution < 1.29 is 9.90 Å². The Morgan fingerprint density at radius 3 is 3.11 bits per heavy atom. The van der Waals surface area contributed by atoms with Crippen LogP contribution in [0, 0.1) is 12.8 Å². The molecule has 0 aliphatic heterocycles. The van der Waals surface area contributed by atoms with Crippen LogP contribution in [-0.4, -0.2) is 28.6 Å². The number of carbonyl (C=O) groups excluding carboxylic acids is 1. The van der Waals surface area contributed by atoms with Crippen LogP contribution in [0.5, 0.6) is 0 Å². The van der Waals surface area contributed by atoms with Gasteiger partial charge in [0.25, 0.3) is 0 Å². The first-order valence-electron chi connectivity index (χ1n) is 6.21. The van der Waals surface area contributed by atoms with Crippen LogP contribution >= 0.6 is 11.3 Å². The van der Waals surface area contributed by atoms with Crippen LogP contribution in [0.1, 0.15) is 29.1 Å². The lowest BCUT2D eigenvalue weighted by molar-refractivity contribution is -0.116. The van der Waals surface area contributed by atoms with E-state index in [2.05, 4.69) is 10.3 Å². The number of rotatable bonds is 4. The van der Waals surface area contributed by atoms with Gasteiger partial charge in [0.1, 0.15) is 0 Å². The molecule has 2 atom stereocenters. The fraction of sp³-hybridized carbons (Fsp3) is 0.538. The van der Waals surface area contributed by atoms with Gasteiger partial charge in [-0.3, -0.25) is 4.79 Å². The van der Waals surface area contributed by atoms with Crippen LogP contribution in [0.25, 0.3) is 6.08 Å². The molecule has 1 aromatic heterocycles. The predicted molar refractivity (Wildman–Crippen MR) is 72.2 cm³/mol. The van der Waals surface area contributed by atoms with Crippen molar-refractivity contribution >= 4 is 23.3 Å². The van der Waals surface area contributed by atoms with Gasteiger partial charge in [-0.05, 0) is 25.8 Å². The summed E-state index contributed by atoms with van der Waals surface area (Å²) in [5, 5.41) is 13.5. The molecule has 2 N–H and O–H groups in total. The third-order valence-corrected chi connectivity index (χ3v) is 4.07. The Labute approximate surface area is 111 Å². The highest BCUT2D eigenvalue weighted by molar-refractivity contribution is 7.12. The molecule has 0 radical (unpaired) electrons. The van der Waals surface area contributed by atoms with Crippen LogP contribution in [0.3, 0.4) is 0 Å². The molecular formula is C13H18N2O2S. The monoisotopic (exact) mass is 266 g/mol. The maximum atomic E-state index is 11.6. The molecule has 5 heteroatoms. The number of nitrogens with one attached hydrogen (secondary N) is 1. The summed E-state index contributed by atoms with van der Waals surface area (Å²) in [5.41, 5.74) is 0. The third-order valence-electron chi connectivity index (χ3n) is 3.20. The lowest BCUT2D eigenvalue weighted by Gasteiger charge is -2.13. The summed E-state index contributed by atoms with van der Waals surface area (Å²) in [7, 11) is 0. The van der Waals surface area contributed by atoms with Crippen molar-refractivity contribution in [2.45, 2.75) is 32.3 Å². The molecule has 1 aliphatic rings. The molecular weight excluding hydrogens is 248 g/mol. The SMILES string of the molecule is Cc1ncc(C=CC(=O)NCC2CCCC2O)s1. The predicted octanol–water partition coefficient (Wildman–Crippen LogP) is 1.74. The summed E-state index contributed by atoms with van der Waals surface area (Å²) < 4.78 is 0. The van der Waals surface area contributed by atoms with Crippen molar-refractivity contribution in [2.24, 2.45) is 5.92 Å². The number of hydrogen-bond donors (Lipinski definition) is 2. The van der Waals surface area contributed by atoms with E-state index in [9.17, 15) is 9.90 Å². The Balaban J connectivity index is 1.76. The quantitative estimate of drug-likeness (QED) is 0.816. The highest BCUT2D eigenvalue weighted by atomic mass is 32.1. The zero-order valence-corrected chi connectivity index (χ0v) is 11.2. The summed E-state index contributed by atoms with van der Waals surface area (Å²) in [6, 6.07) is 0. The second-order valence-electron chi connectivity index (χ2n) is 4.62. The van der Waals surface area contributed by atoms with E-state index >= 15 is 0 Å². The number of nitrogens with zero attached hydrogens (tertiary/aromatic N) is 1. The zero-order valence-electron chi connectivity index (χ0n) is 10.4. The molecule has 4 nitrogen and oxygen atoms in total. The maximum Gasteiger partial charge on any atom is 0.244 e. The number of aliphatic hydroxyl groups is 1. The fourth-order valence-corrected chi connectivity index (χ4v) is 2.85. The molecule has 2 unspecified atom stereocenters. The molecule has 0 spiro atoms. The molecule has 0 saturated heterocycles.